The van der Waals surface area contributed by atoms with Gasteiger partial charge in [-0.25, -0.2) is 8.42 Å². The second-order valence-electron chi connectivity index (χ2n) is 8.04. The Morgan fingerprint density at radius 2 is 1.87 bits per heavy atom. The number of pyridine rings is 1. The first-order valence-electron chi connectivity index (χ1n) is 10.2. The number of amides is 1. The third kappa shape index (κ3) is 4.06. The Hall–Kier alpha value is -2.45. The van der Waals surface area contributed by atoms with Crippen LogP contribution in [0, 0.1) is 12.8 Å². The van der Waals surface area contributed by atoms with Gasteiger partial charge in [-0.2, -0.15) is 4.31 Å². The van der Waals surface area contributed by atoms with Crippen molar-refractivity contribution >= 4 is 15.9 Å². The minimum atomic E-state index is -3.39. The quantitative estimate of drug-likeness (QED) is 0.746. The molecule has 0 bridgehead atoms. The molecule has 7 nitrogen and oxygen atoms in total. The standard InChI is InChI=1S/C22H27N3O4S/c1-16-3-6-18(13-23-16)22(26)24-11-9-19-15-25(30(27,28)21(19)10-12-24)14-17-4-7-20(29-2)8-5-17/h3-8,13,19,21H,9-12,14-15H2,1-2H3/t19-,21-/m1/s1. The highest BCUT2D eigenvalue weighted by atomic mass is 32.2. The lowest BCUT2D eigenvalue weighted by Crippen LogP contribution is -2.34. The van der Waals surface area contributed by atoms with Crippen LogP contribution in [0.1, 0.15) is 34.5 Å². The first-order chi connectivity index (χ1) is 14.4. The van der Waals surface area contributed by atoms with Crippen molar-refractivity contribution in [2.75, 3.05) is 26.7 Å². The maximum Gasteiger partial charge on any atom is 0.255 e. The summed E-state index contributed by atoms with van der Waals surface area (Å²) in [6.07, 6.45) is 2.75. The number of methoxy groups -OCH3 is 1. The van der Waals surface area contributed by atoms with Crippen LogP contribution in [0.5, 0.6) is 5.75 Å². The molecule has 2 aromatic rings. The number of carbonyl (C=O) groups is 1. The lowest BCUT2D eigenvalue weighted by molar-refractivity contribution is 0.0758. The largest absolute Gasteiger partial charge is 0.497 e. The zero-order chi connectivity index (χ0) is 21.3. The van der Waals surface area contributed by atoms with Gasteiger partial charge in [0.25, 0.3) is 5.91 Å². The molecule has 2 aliphatic heterocycles. The summed E-state index contributed by atoms with van der Waals surface area (Å²) in [7, 11) is -1.78. The maximum absolute atomic E-state index is 13.2. The van der Waals surface area contributed by atoms with Crippen LogP contribution >= 0.6 is 0 Å². The Balaban J connectivity index is 1.44. The molecular weight excluding hydrogens is 402 g/mol. The van der Waals surface area contributed by atoms with E-state index in [-0.39, 0.29) is 11.8 Å². The molecule has 0 N–H and O–H groups in total. The van der Waals surface area contributed by atoms with Crippen molar-refractivity contribution in [3.05, 3.63) is 59.4 Å². The minimum Gasteiger partial charge on any atom is -0.497 e. The van der Waals surface area contributed by atoms with Gasteiger partial charge in [0.05, 0.1) is 17.9 Å². The van der Waals surface area contributed by atoms with Gasteiger partial charge in [0, 0.05) is 38.1 Å². The van der Waals surface area contributed by atoms with E-state index in [0.717, 1.165) is 17.0 Å². The highest BCUT2D eigenvalue weighted by molar-refractivity contribution is 7.90. The SMILES string of the molecule is COc1ccc(CN2C[C@H]3CCN(C(=O)c4ccc(C)nc4)CC[C@H]3S2(=O)=O)cc1. The molecule has 1 amide bonds. The lowest BCUT2D eigenvalue weighted by atomic mass is 10.0. The molecule has 0 saturated carbocycles. The Morgan fingerprint density at radius 3 is 2.53 bits per heavy atom. The first-order valence-corrected chi connectivity index (χ1v) is 11.7. The number of likely N-dealkylation sites (tertiary alicyclic amines) is 1. The number of aryl methyl sites for hydroxylation is 1. The summed E-state index contributed by atoms with van der Waals surface area (Å²) in [5.41, 5.74) is 2.36. The van der Waals surface area contributed by atoms with E-state index in [1.807, 2.05) is 37.3 Å². The minimum absolute atomic E-state index is 0.0437. The Kier molecular flexibility index (Phi) is 5.79. The molecule has 160 valence electrons. The summed E-state index contributed by atoms with van der Waals surface area (Å²) in [5, 5.41) is -0.426. The van der Waals surface area contributed by atoms with Gasteiger partial charge in [0.2, 0.25) is 10.0 Å². The zero-order valence-electron chi connectivity index (χ0n) is 17.3. The van der Waals surface area contributed by atoms with Gasteiger partial charge in [-0.05, 0) is 55.5 Å². The fourth-order valence-electron chi connectivity index (χ4n) is 4.37. The number of nitrogens with zero attached hydrogens (tertiary/aromatic N) is 3. The maximum atomic E-state index is 13.2. The highest BCUT2D eigenvalue weighted by Crippen LogP contribution is 2.35. The average Bonchev–Trinajstić information content (AvgIpc) is 2.88. The number of hydrogen-bond donors (Lipinski definition) is 0. The normalized spacial score (nSPS) is 23.6. The van der Waals surface area contributed by atoms with Crippen molar-refractivity contribution < 1.29 is 17.9 Å². The fourth-order valence-corrected chi connectivity index (χ4v) is 6.59. The fraction of sp³-hybridized carbons (Fsp3) is 0.455. The van der Waals surface area contributed by atoms with Gasteiger partial charge < -0.3 is 9.64 Å². The van der Waals surface area contributed by atoms with Crippen molar-refractivity contribution in [2.24, 2.45) is 5.92 Å². The molecule has 2 fully saturated rings. The molecule has 3 heterocycles. The molecule has 0 spiro atoms. The van der Waals surface area contributed by atoms with Crippen LogP contribution in [0.15, 0.2) is 42.6 Å². The van der Waals surface area contributed by atoms with Gasteiger partial charge >= 0.3 is 0 Å². The Morgan fingerprint density at radius 1 is 1.13 bits per heavy atom. The Bertz CT molecular complexity index is 1010. The summed E-state index contributed by atoms with van der Waals surface area (Å²) in [6.45, 7) is 3.78. The van der Waals surface area contributed by atoms with E-state index in [2.05, 4.69) is 4.98 Å². The smallest absolute Gasteiger partial charge is 0.255 e. The summed E-state index contributed by atoms with van der Waals surface area (Å²) in [6, 6.07) is 11.1. The number of carbonyl (C=O) groups excluding carboxylic acids is 1. The van der Waals surface area contributed by atoms with Crippen LogP contribution in [0.2, 0.25) is 0 Å². The van der Waals surface area contributed by atoms with Gasteiger partial charge in [-0.3, -0.25) is 9.78 Å². The van der Waals surface area contributed by atoms with Crippen molar-refractivity contribution in [1.82, 2.24) is 14.2 Å². The second-order valence-corrected chi connectivity index (χ2v) is 10.2. The van der Waals surface area contributed by atoms with E-state index < -0.39 is 15.3 Å². The first kappa shape index (κ1) is 20.8. The Labute approximate surface area is 177 Å². The third-order valence-electron chi connectivity index (χ3n) is 6.12. The number of rotatable bonds is 4. The molecule has 0 radical (unpaired) electrons. The van der Waals surface area contributed by atoms with Gasteiger partial charge in [-0.1, -0.05) is 12.1 Å². The van der Waals surface area contributed by atoms with E-state index in [4.69, 9.17) is 4.74 Å². The molecule has 2 atom stereocenters. The van der Waals surface area contributed by atoms with E-state index in [1.165, 1.54) is 0 Å². The van der Waals surface area contributed by atoms with E-state index in [1.54, 1.807) is 28.6 Å². The van der Waals surface area contributed by atoms with Crippen LogP contribution in [0.4, 0.5) is 0 Å². The van der Waals surface area contributed by atoms with Crippen LogP contribution in [0.3, 0.4) is 0 Å². The van der Waals surface area contributed by atoms with Gasteiger partial charge in [0.1, 0.15) is 5.75 Å². The van der Waals surface area contributed by atoms with Gasteiger partial charge in [0.15, 0.2) is 0 Å². The lowest BCUT2D eigenvalue weighted by Gasteiger charge is -2.22. The molecule has 1 aromatic carbocycles. The topological polar surface area (TPSA) is 79.8 Å². The molecule has 30 heavy (non-hydrogen) atoms. The average molecular weight is 430 g/mol. The summed E-state index contributed by atoms with van der Waals surface area (Å²) >= 11 is 0. The summed E-state index contributed by atoms with van der Waals surface area (Å²) < 4.78 is 33.1. The van der Waals surface area contributed by atoms with Crippen LogP contribution in [-0.2, 0) is 16.6 Å². The van der Waals surface area contributed by atoms with E-state index in [0.29, 0.717) is 44.6 Å². The second kappa shape index (κ2) is 8.35. The van der Waals surface area contributed by atoms with Crippen LogP contribution < -0.4 is 4.74 Å². The number of aromatic nitrogens is 1. The molecular formula is C22H27N3O4S. The van der Waals surface area contributed by atoms with Gasteiger partial charge in [-0.15, -0.1) is 0 Å². The molecule has 0 aliphatic carbocycles. The van der Waals surface area contributed by atoms with E-state index in [9.17, 15) is 13.2 Å². The molecule has 8 heteroatoms. The number of hydrogen-bond acceptors (Lipinski definition) is 5. The highest BCUT2D eigenvalue weighted by Gasteiger charge is 2.47. The van der Waals surface area contributed by atoms with Crippen LogP contribution in [-0.4, -0.2) is 60.5 Å². The number of sulfonamides is 1. The summed E-state index contributed by atoms with van der Waals surface area (Å²) in [4.78, 5) is 18.8. The van der Waals surface area contributed by atoms with Crippen LogP contribution in [0.25, 0.3) is 0 Å². The summed E-state index contributed by atoms with van der Waals surface area (Å²) in [5.74, 6) is 0.721. The molecule has 2 aliphatic rings. The molecule has 1 aromatic heterocycles. The molecule has 0 unspecified atom stereocenters. The predicted molar refractivity (Wildman–Crippen MR) is 114 cm³/mol. The zero-order valence-corrected chi connectivity index (χ0v) is 18.1. The third-order valence-corrected chi connectivity index (χ3v) is 8.51. The van der Waals surface area contributed by atoms with Crippen molar-refractivity contribution in [3.63, 3.8) is 0 Å². The molecule has 4 rings (SSSR count). The van der Waals surface area contributed by atoms with Crippen molar-refractivity contribution in [1.29, 1.82) is 0 Å². The van der Waals surface area contributed by atoms with Crippen molar-refractivity contribution in [3.8, 4) is 5.75 Å². The monoisotopic (exact) mass is 429 g/mol. The molecule has 2 saturated heterocycles. The van der Waals surface area contributed by atoms with E-state index >= 15 is 0 Å². The number of fused-ring (bicyclic) bond motifs is 1. The number of benzene rings is 1. The predicted octanol–water partition coefficient (Wildman–Crippen LogP) is 2.47. The van der Waals surface area contributed by atoms with Crippen molar-refractivity contribution in [2.45, 2.75) is 31.6 Å². The number of ether oxygens (including phenoxy) is 1.